The lowest BCUT2D eigenvalue weighted by molar-refractivity contribution is -0.132. The number of anilines is 1. The maximum absolute atomic E-state index is 14.3. The molecule has 0 unspecified atom stereocenters. The molecule has 12 heteroatoms. The molecule has 2 heterocycles. The highest BCUT2D eigenvalue weighted by Gasteiger charge is 2.46. The third-order valence-electron chi connectivity index (χ3n) is 9.35. The van der Waals surface area contributed by atoms with Gasteiger partial charge in [0, 0.05) is 51.6 Å². The van der Waals surface area contributed by atoms with Gasteiger partial charge in [-0.05, 0) is 67.8 Å². The molecule has 2 aliphatic heterocycles. The highest BCUT2D eigenvalue weighted by atomic mass is 35.5. The monoisotopic (exact) mass is 683 g/mol. The van der Waals surface area contributed by atoms with E-state index in [-0.39, 0.29) is 30.7 Å². The van der Waals surface area contributed by atoms with Crippen molar-refractivity contribution in [3.05, 3.63) is 99.3 Å². The third-order valence-corrected chi connectivity index (χ3v) is 10.1. The Kier molecular flexibility index (Phi) is 10.8. The Hall–Kier alpha value is -3.70. The minimum atomic E-state index is -1.06. The molecule has 0 saturated carbocycles. The lowest BCUT2D eigenvalue weighted by Gasteiger charge is -2.46. The van der Waals surface area contributed by atoms with Crippen LogP contribution in [0.3, 0.4) is 0 Å². The maximum Gasteiger partial charge on any atom is 0.414 e. The fourth-order valence-electron chi connectivity index (χ4n) is 6.48. The van der Waals surface area contributed by atoms with Crippen molar-refractivity contribution in [2.45, 2.75) is 49.7 Å². The van der Waals surface area contributed by atoms with Crippen LogP contribution in [0.2, 0.25) is 10.0 Å². The van der Waals surface area contributed by atoms with Crippen LogP contribution in [0.5, 0.6) is 0 Å². The van der Waals surface area contributed by atoms with Crippen molar-refractivity contribution in [2.75, 3.05) is 44.7 Å². The third kappa shape index (κ3) is 7.41. The normalized spacial score (nSPS) is 17.7. The van der Waals surface area contributed by atoms with Crippen LogP contribution in [-0.2, 0) is 25.3 Å². The van der Waals surface area contributed by atoms with E-state index in [0.717, 1.165) is 0 Å². The summed E-state index contributed by atoms with van der Waals surface area (Å²) in [6, 6.07) is 17.7. The summed E-state index contributed by atoms with van der Waals surface area (Å²) < 4.78 is 20.2. The van der Waals surface area contributed by atoms with E-state index in [1.54, 1.807) is 43.4 Å². The smallest absolute Gasteiger partial charge is 0.414 e. The topological polar surface area (TPSA) is 117 Å². The molecule has 0 aromatic heterocycles. The minimum absolute atomic E-state index is 0.267. The van der Waals surface area contributed by atoms with Crippen LogP contribution in [-0.4, -0.2) is 62.6 Å². The van der Waals surface area contributed by atoms with E-state index in [9.17, 15) is 18.8 Å². The lowest BCUT2D eigenvalue weighted by Crippen LogP contribution is -2.51. The Balaban J connectivity index is 1.31. The van der Waals surface area contributed by atoms with Gasteiger partial charge in [-0.25, -0.2) is 9.18 Å². The number of amides is 3. The first-order valence-corrected chi connectivity index (χ1v) is 16.5. The van der Waals surface area contributed by atoms with Crippen LogP contribution < -0.4 is 21.3 Å². The first-order valence-electron chi connectivity index (χ1n) is 15.8. The van der Waals surface area contributed by atoms with Gasteiger partial charge >= 0.3 is 6.09 Å². The minimum Gasteiger partial charge on any atom is -0.437 e. The van der Waals surface area contributed by atoms with E-state index >= 15 is 0 Å². The van der Waals surface area contributed by atoms with Crippen LogP contribution in [0.25, 0.3) is 0 Å². The number of nitrogens with one attached hydrogen (secondary N) is 2. The van der Waals surface area contributed by atoms with Gasteiger partial charge in [-0.15, -0.1) is 0 Å². The number of rotatable bonds is 11. The van der Waals surface area contributed by atoms with E-state index in [2.05, 4.69) is 15.5 Å². The van der Waals surface area contributed by atoms with Crippen LogP contribution in [0, 0.1) is 5.82 Å². The molecular formula is C35H40Cl2FN5O4. The Morgan fingerprint density at radius 2 is 1.79 bits per heavy atom. The molecule has 0 aliphatic carbocycles. The molecule has 3 aromatic carbocycles. The molecule has 3 aromatic rings. The van der Waals surface area contributed by atoms with Crippen LogP contribution >= 0.6 is 23.2 Å². The molecular weight excluding hydrogens is 644 g/mol. The summed E-state index contributed by atoms with van der Waals surface area (Å²) in [5.41, 5.74) is 6.33. The number of piperidine rings is 1. The standard InChI is InChI=1S/C35H40Cl2FN5O4/c1-34(24-9-11-27(36)28(37)21-24,32(45)41-30(31(44)40-17-16-39)23-7-4-3-5-8-23)13-6-18-43-19-14-35(15-20-43)26-22-25(38)10-12-29(26)42(2)33(46)47-35/h3-5,7-12,21-22,30H,6,13-20,39H2,1-2H3,(H,40,44)(H,41,45)/t30-,34+/m0/s1. The summed E-state index contributed by atoms with van der Waals surface area (Å²) in [4.78, 5) is 43.8. The Morgan fingerprint density at radius 1 is 1.06 bits per heavy atom. The van der Waals surface area contributed by atoms with Gasteiger partial charge < -0.3 is 26.0 Å². The van der Waals surface area contributed by atoms with E-state index in [0.29, 0.717) is 77.7 Å². The van der Waals surface area contributed by atoms with Gasteiger partial charge in [0.15, 0.2) is 0 Å². The van der Waals surface area contributed by atoms with Crippen molar-refractivity contribution >= 4 is 46.8 Å². The molecule has 250 valence electrons. The molecule has 0 bridgehead atoms. The number of halogens is 3. The Morgan fingerprint density at radius 3 is 2.47 bits per heavy atom. The number of hydrogen-bond donors (Lipinski definition) is 3. The number of likely N-dealkylation sites (tertiary alicyclic amines) is 1. The summed E-state index contributed by atoms with van der Waals surface area (Å²) in [5, 5.41) is 6.49. The van der Waals surface area contributed by atoms with E-state index in [4.69, 9.17) is 33.7 Å². The van der Waals surface area contributed by atoms with Gasteiger partial charge in [0.25, 0.3) is 0 Å². The second-order valence-electron chi connectivity index (χ2n) is 12.4. The quantitative estimate of drug-likeness (QED) is 0.240. The Bertz CT molecular complexity index is 1620. The molecule has 9 nitrogen and oxygen atoms in total. The number of carbonyl (C=O) groups excluding carboxylic acids is 3. The number of nitrogens with two attached hydrogens (primary N) is 1. The lowest BCUT2D eigenvalue weighted by atomic mass is 9.77. The second kappa shape index (κ2) is 14.6. The zero-order chi connectivity index (χ0) is 33.8. The van der Waals surface area contributed by atoms with Crippen LogP contribution in [0.15, 0.2) is 66.7 Å². The summed E-state index contributed by atoms with van der Waals surface area (Å²) >= 11 is 12.6. The highest BCUT2D eigenvalue weighted by Crippen LogP contribution is 2.45. The maximum atomic E-state index is 14.3. The predicted molar refractivity (Wildman–Crippen MR) is 181 cm³/mol. The number of fused-ring (bicyclic) bond motifs is 2. The van der Waals surface area contributed by atoms with Gasteiger partial charge in [0.2, 0.25) is 11.8 Å². The van der Waals surface area contributed by atoms with Gasteiger partial charge in [0.1, 0.15) is 17.5 Å². The SMILES string of the molecule is CN1C(=O)OC2(CCN(CCC[C@@](C)(C(=O)N[C@H](C(=O)NCCN)c3ccccc3)c3ccc(Cl)c(Cl)c3)CC2)c2cc(F)ccc21. The Labute approximate surface area is 284 Å². The zero-order valence-electron chi connectivity index (χ0n) is 26.5. The number of benzene rings is 3. The van der Waals surface area contributed by atoms with Crippen LogP contribution in [0.1, 0.15) is 55.3 Å². The molecule has 1 saturated heterocycles. The number of ether oxygens (including phenoxy) is 1. The summed E-state index contributed by atoms with van der Waals surface area (Å²) in [6.07, 6.45) is 1.67. The molecule has 2 atom stereocenters. The molecule has 5 rings (SSSR count). The fourth-order valence-corrected chi connectivity index (χ4v) is 6.78. The van der Waals surface area contributed by atoms with E-state index < -0.39 is 23.2 Å². The summed E-state index contributed by atoms with van der Waals surface area (Å²) in [6.45, 7) is 4.30. The van der Waals surface area contributed by atoms with Crippen molar-refractivity contribution in [3.63, 3.8) is 0 Å². The van der Waals surface area contributed by atoms with Gasteiger partial charge in [0.05, 0.1) is 21.1 Å². The van der Waals surface area contributed by atoms with Crippen molar-refractivity contribution in [1.29, 1.82) is 0 Å². The van der Waals surface area contributed by atoms with Crippen molar-refractivity contribution in [2.24, 2.45) is 5.73 Å². The van der Waals surface area contributed by atoms with E-state index in [1.807, 2.05) is 25.1 Å². The highest BCUT2D eigenvalue weighted by molar-refractivity contribution is 6.42. The molecule has 3 amide bonds. The predicted octanol–water partition coefficient (Wildman–Crippen LogP) is 5.68. The van der Waals surface area contributed by atoms with Gasteiger partial charge in [-0.3, -0.25) is 14.5 Å². The number of carbonyl (C=O) groups is 3. The molecule has 2 aliphatic rings. The average molecular weight is 685 g/mol. The van der Waals surface area contributed by atoms with Gasteiger partial charge in [-0.2, -0.15) is 0 Å². The van der Waals surface area contributed by atoms with Crippen molar-refractivity contribution in [3.8, 4) is 0 Å². The van der Waals surface area contributed by atoms with Crippen molar-refractivity contribution < 1.29 is 23.5 Å². The average Bonchev–Trinajstić information content (AvgIpc) is 3.07. The first-order chi connectivity index (χ1) is 22.5. The molecule has 0 radical (unpaired) electrons. The largest absolute Gasteiger partial charge is 0.437 e. The summed E-state index contributed by atoms with van der Waals surface area (Å²) in [5.74, 6) is -1.06. The number of hydrogen-bond acceptors (Lipinski definition) is 6. The molecule has 1 fully saturated rings. The molecule has 1 spiro atoms. The second-order valence-corrected chi connectivity index (χ2v) is 13.2. The number of nitrogens with zero attached hydrogens (tertiary/aromatic N) is 2. The van der Waals surface area contributed by atoms with Crippen molar-refractivity contribution in [1.82, 2.24) is 15.5 Å². The molecule has 47 heavy (non-hydrogen) atoms. The molecule has 4 N–H and O–H groups in total. The fraction of sp³-hybridized carbons (Fsp3) is 0.400. The first kappa shape index (κ1) is 34.6. The zero-order valence-corrected chi connectivity index (χ0v) is 28.0. The van der Waals surface area contributed by atoms with Gasteiger partial charge in [-0.1, -0.05) is 59.6 Å². The summed E-state index contributed by atoms with van der Waals surface area (Å²) in [7, 11) is 1.62. The van der Waals surface area contributed by atoms with E-state index in [1.165, 1.54) is 17.0 Å². The van der Waals surface area contributed by atoms with Crippen LogP contribution in [0.4, 0.5) is 14.9 Å².